The summed E-state index contributed by atoms with van der Waals surface area (Å²) in [5.74, 6) is 1.02. The molecule has 1 aliphatic heterocycles. The van der Waals surface area contributed by atoms with Crippen molar-refractivity contribution in [3.05, 3.63) is 65.7 Å². The van der Waals surface area contributed by atoms with Gasteiger partial charge < -0.3 is 33.2 Å². The molecule has 1 aliphatic rings. The molecule has 1 saturated heterocycles. The molecule has 2 aromatic rings. The molecule has 3 rings (SSSR count). The number of benzene rings is 2. The Morgan fingerprint density at radius 3 is 2.27 bits per heavy atom. The molecule has 0 N–H and O–H groups in total. The molecule has 0 aliphatic carbocycles. The van der Waals surface area contributed by atoms with E-state index in [9.17, 15) is 0 Å². The predicted octanol–water partition coefficient (Wildman–Crippen LogP) is 0.441. The Balaban J connectivity index is 0.00000243. The van der Waals surface area contributed by atoms with E-state index >= 15 is 0 Å². The minimum atomic E-state index is 0. The molecule has 0 saturated carbocycles. The summed E-state index contributed by atoms with van der Waals surface area (Å²) in [5, 5.41) is 0. The van der Waals surface area contributed by atoms with E-state index in [0.29, 0.717) is 6.04 Å². The van der Waals surface area contributed by atoms with Gasteiger partial charge in [-0.25, -0.2) is 0 Å². The van der Waals surface area contributed by atoms with Gasteiger partial charge in [-0.1, -0.05) is 48.5 Å². The second-order valence-corrected chi connectivity index (χ2v) is 7.85. The summed E-state index contributed by atoms with van der Waals surface area (Å²) >= 11 is 0. The summed E-state index contributed by atoms with van der Waals surface area (Å²) in [7, 11) is 4.64. The van der Waals surface area contributed by atoms with Crippen molar-refractivity contribution in [3.8, 4) is 5.75 Å². The SMILES string of the molecule is CC(COc1ccccc1Cc1ccccc1)N1CC[N+](C)(C)CC1.[I-]. The molecule has 3 nitrogen and oxygen atoms in total. The average molecular weight is 466 g/mol. The van der Waals surface area contributed by atoms with Gasteiger partial charge in [0.1, 0.15) is 12.4 Å². The molecule has 0 aromatic heterocycles. The van der Waals surface area contributed by atoms with Gasteiger partial charge in [-0.05, 0) is 24.1 Å². The first-order valence-electron chi connectivity index (χ1n) is 9.34. The second-order valence-electron chi connectivity index (χ2n) is 7.85. The standard InChI is InChI=1S/C22H31N2O.HI/c1-19(23-13-15-24(2,3)16-14-23)18-25-22-12-8-7-11-21(22)17-20-9-5-4-6-10-20;/h4-12,19H,13-18H2,1-3H3;1H/q+1;/p-1. The fraction of sp³-hybridized carbons (Fsp3) is 0.455. The van der Waals surface area contributed by atoms with Crippen molar-refractivity contribution in [2.75, 3.05) is 46.9 Å². The summed E-state index contributed by atoms with van der Waals surface area (Å²) in [6.07, 6.45) is 0.917. The molecular formula is C22H31IN2O. The maximum absolute atomic E-state index is 6.23. The molecule has 0 spiro atoms. The molecule has 0 amide bonds. The Kier molecular flexibility index (Phi) is 7.92. The lowest BCUT2D eigenvalue weighted by Gasteiger charge is -2.41. The van der Waals surface area contributed by atoms with Gasteiger partial charge in [0.15, 0.2) is 0 Å². The molecule has 0 bridgehead atoms. The molecular weight excluding hydrogens is 435 g/mol. The lowest BCUT2D eigenvalue weighted by Crippen LogP contribution is -3.00. The van der Waals surface area contributed by atoms with Crippen LogP contribution in [0, 0.1) is 0 Å². The van der Waals surface area contributed by atoms with Crippen molar-refractivity contribution >= 4 is 0 Å². The predicted molar refractivity (Wildman–Crippen MR) is 104 cm³/mol. The topological polar surface area (TPSA) is 12.5 Å². The summed E-state index contributed by atoms with van der Waals surface area (Å²) in [6.45, 7) is 7.78. The first kappa shape index (κ1) is 21.2. The van der Waals surface area contributed by atoms with Crippen LogP contribution in [0.5, 0.6) is 5.75 Å². The number of quaternary nitrogens is 1. The number of rotatable bonds is 6. The van der Waals surface area contributed by atoms with Crippen LogP contribution >= 0.6 is 0 Å². The maximum Gasteiger partial charge on any atom is 0.122 e. The van der Waals surface area contributed by atoms with Gasteiger partial charge in [0.25, 0.3) is 0 Å². The molecule has 4 heteroatoms. The Morgan fingerprint density at radius 2 is 1.58 bits per heavy atom. The molecule has 1 heterocycles. The molecule has 1 unspecified atom stereocenters. The van der Waals surface area contributed by atoms with E-state index in [0.717, 1.165) is 36.3 Å². The van der Waals surface area contributed by atoms with Gasteiger partial charge in [-0.2, -0.15) is 0 Å². The Bertz CT molecular complexity index is 665. The van der Waals surface area contributed by atoms with Gasteiger partial charge >= 0.3 is 0 Å². The van der Waals surface area contributed by atoms with Crippen molar-refractivity contribution in [1.82, 2.24) is 4.90 Å². The van der Waals surface area contributed by atoms with Crippen LogP contribution in [0.3, 0.4) is 0 Å². The lowest BCUT2D eigenvalue weighted by atomic mass is 10.0. The zero-order valence-corrected chi connectivity index (χ0v) is 18.4. The molecule has 1 atom stereocenters. The van der Waals surface area contributed by atoms with E-state index in [2.05, 4.69) is 80.5 Å². The number of para-hydroxylation sites is 1. The van der Waals surface area contributed by atoms with Crippen molar-refractivity contribution < 1.29 is 33.2 Å². The second kappa shape index (κ2) is 9.72. The van der Waals surface area contributed by atoms with Crippen molar-refractivity contribution in [1.29, 1.82) is 0 Å². The number of nitrogens with zero attached hydrogens (tertiary/aromatic N) is 2. The monoisotopic (exact) mass is 466 g/mol. The number of hydrogen-bond donors (Lipinski definition) is 0. The van der Waals surface area contributed by atoms with Gasteiger partial charge in [-0.3, -0.25) is 4.90 Å². The minimum Gasteiger partial charge on any atom is -1.00 e. The first-order chi connectivity index (χ1) is 12.0. The van der Waals surface area contributed by atoms with E-state index in [1.165, 1.54) is 24.2 Å². The number of likely N-dealkylation sites (N-methyl/N-ethyl adjacent to an activating group) is 1. The van der Waals surface area contributed by atoms with Crippen molar-refractivity contribution in [2.45, 2.75) is 19.4 Å². The van der Waals surface area contributed by atoms with Crippen LogP contribution in [-0.4, -0.2) is 62.3 Å². The van der Waals surface area contributed by atoms with Crippen LogP contribution in [0.25, 0.3) is 0 Å². The van der Waals surface area contributed by atoms with Crippen LogP contribution in [0.4, 0.5) is 0 Å². The smallest absolute Gasteiger partial charge is 0.122 e. The average Bonchev–Trinajstić information content (AvgIpc) is 2.61. The maximum atomic E-state index is 6.23. The summed E-state index contributed by atoms with van der Waals surface area (Å²) < 4.78 is 7.36. The highest BCUT2D eigenvalue weighted by atomic mass is 127. The number of piperazine rings is 1. The summed E-state index contributed by atoms with van der Waals surface area (Å²) in [6, 6.07) is 19.5. The van der Waals surface area contributed by atoms with Gasteiger partial charge in [0.05, 0.1) is 27.2 Å². The summed E-state index contributed by atoms with van der Waals surface area (Å²) in [5.41, 5.74) is 2.58. The van der Waals surface area contributed by atoms with Crippen molar-refractivity contribution in [2.24, 2.45) is 0 Å². The van der Waals surface area contributed by atoms with Gasteiger partial charge in [0.2, 0.25) is 0 Å². The summed E-state index contributed by atoms with van der Waals surface area (Å²) in [4.78, 5) is 2.56. The molecule has 142 valence electrons. The fourth-order valence-electron chi connectivity index (χ4n) is 3.38. The zero-order chi connectivity index (χ0) is 17.7. The van der Waals surface area contributed by atoms with Crippen LogP contribution in [-0.2, 0) is 6.42 Å². The quantitative estimate of drug-likeness (QED) is 0.453. The van der Waals surface area contributed by atoms with Crippen LogP contribution in [0.1, 0.15) is 18.1 Å². The molecule has 1 fully saturated rings. The minimum absolute atomic E-state index is 0. The van der Waals surface area contributed by atoms with Crippen LogP contribution in [0.2, 0.25) is 0 Å². The normalized spacial score (nSPS) is 18.0. The fourth-order valence-corrected chi connectivity index (χ4v) is 3.38. The van der Waals surface area contributed by atoms with E-state index in [-0.39, 0.29) is 24.0 Å². The Labute approximate surface area is 175 Å². The molecule has 2 aromatic carbocycles. The largest absolute Gasteiger partial charge is 1.00 e. The highest BCUT2D eigenvalue weighted by Crippen LogP contribution is 2.22. The molecule has 0 radical (unpaired) electrons. The number of ether oxygens (including phenoxy) is 1. The highest BCUT2D eigenvalue weighted by Gasteiger charge is 2.27. The first-order valence-corrected chi connectivity index (χ1v) is 9.34. The van der Waals surface area contributed by atoms with E-state index < -0.39 is 0 Å². The third-order valence-corrected chi connectivity index (χ3v) is 5.30. The third kappa shape index (κ3) is 5.96. The van der Waals surface area contributed by atoms with Crippen molar-refractivity contribution in [3.63, 3.8) is 0 Å². The number of halogens is 1. The Morgan fingerprint density at radius 1 is 0.962 bits per heavy atom. The van der Waals surface area contributed by atoms with E-state index in [1.807, 2.05) is 0 Å². The highest BCUT2D eigenvalue weighted by molar-refractivity contribution is 5.37. The van der Waals surface area contributed by atoms with Crippen LogP contribution in [0.15, 0.2) is 54.6 Å². The van der Waals surface area contributed by atoms with Crippen LogP contribution < -0.4 is 28.7 Å². The van der Waals surface area contributed by atoms with E-state index in [1.54, 1.807) is 0 Å². The lowest BCUT2D eigenvalue weighted by molar-refractivity contribution is -0.894. The van der Waals surface area contributed by atoms with Gasteiger partial charge in [-0.15, -0.1) is 0 Å². The Hall–Kier alpha value is -1.11. The number of hydrogen-bond acceptors (Lipinski definition) is 2. The van der Waals surface area contributed by atoms with E-state index in [4.69, 9.17) is 4.74 Å². The van der Waals surface area contributed by atoms with Gasteiger partial charge in [0, 0.05) is 25.6 Å². The zero-order valence-electron chi connectivity index (χ0n) is 16.2. The molecule has 26 heavy (non-hydrogen) atoms. The third-order valence-electron chi connectivity index (χ3n) is 5.30.